The molecule has 1 heterocycles. The predicted octanol–water partition coefficient (Wildman–Crippen LogP) is 2.16. The first-order valence-electron chi connectivity index (χ1n) is 5.70. The van der Waals surface area contributed by atoms with E-state index in [-0.39, 0.29) is 25.4 Å². The van der Waals surface area contributed by atoms with Gasteiger partial charge in [0.05, 0.1) is 5.69 Å². The second-order valence-corrected chi connectivity index (χ2v) is 4.44. The summed E-state index contributed by atoms with van der Waals surface area (Å²) in [6, 6.07) is 2.99. The number of carbonyl (C=O) groups excluding carboxylic acids is 1. The molecule has 104 valence electrons. The minimum atomic E-state index is -4.85. The molecule has 0 radical (unpaired) electrons. The molecule has 1 unspecified atom stereocenters. The number of carbonyl (C=O) groups is 1. The molecule has 0 aliphatic carbocycles. The van der Waals surface area contributed by atoms with Crippen LogP contribution in [0.15, 0.2) is 18.2 Å². The van der Waals surface area contributed by atoms with Gasteiger partial charge >= 0.3 is 6.18 Å². The maximum Gasteiger partial charge on any atom is 0.421 e. The van der Waals surface area contributed by atoms with Crippen molar-refractivity contribution in [3.63, 3.8) is 0 Å². The minimum Gasteiger partial charge on any atom is -0.330 e. The van der Waals surface area contributed by atoms with Gasteiger partial charge in [-0.2, -0.15) is 13.2 Å². The quantitative estimate of drug-likeness (QED) is 0.841. The van der Waals surface area contributed by atoms with E-state index in [1.54, 1.807) is 0 Å². The third-order valence-corrected chi connectivity index (χ3v) is 3.10. The number of anilines is 1. The Balaban J connectivity index is 2.46. The Morgan fingerprint density at radius 3 is 2.58 bits per heavy atom. The van der Waals surface area contributed by atoms with Crippen LogP contribution in [-0.4, -0.2) is 19.0 Å². The van der Waals surface area contributed by atoms with Crippen molar-refractivity contribution < 1.29 is 22.4 Å². The van der Waals surface area contributed by atoms with Crippen LogP contribution in [0.3, 0.4) is 0 Å². The Labute approximate surface area is 107 Å². The molecule has 1 atom stereocenters. The molecule has 7 heteroatoms. The van der Waals surface area contributed by atoms with Gasteiger partial charge in [0.25, 0.3) is 0 Å². The van der Waals surface area contributed by atoms with Crippen LogP contribution in [0.4, 0.5) is 23.2 Å². The molecule has 1 amide bonds. The van der Waals surface area contributed by atoms with Crippen LogP contribution >= 0.6 is 0 Å². The number of nitrogens with two attached hydrogens (primary N) is 1. The Morgan fingerprint density at radius 1 is 1.37 bits per heavy atom. The molecule has 1 aliphatic rings. The number of benzene rings is 1. The van der Waals surface area contributed by atoms with E-state index in [1.807, 2.05) is 0 Å². The van der Waals surface area contributed by atoms with Crippen molar-refractivity contribution in [3.8, 4) is 0 Å². The van der Waals surface area contributed by atoms with Crippen LogP contribution in [0.1, 0.15) is 12.0 Å². The molecule has 1 aromatic rings. The molecule has 2 N–H and O–H groups in total. The van der Waals surface area contributed by atoms with E-state index in [1.165, 1.54) is 0 Å². The SMILES string of the molecule is NCC1CC(=O)N(c2cccc(F)c2C(F)(F)F)C1. The fourth-order valence-corrected chi connectivity index (χ4v) is 2.19. The first kappa shape index (κ1) is 13.8. The van der Waals surface area contributed by atoms with Crippen LogP contribution in [-0.2, 0) is 11.0 Å². The zero-order chi connectivity index (χ0) is 14.2. The monoisotopic (exact) mass is 276 g/mol. The highest BCUT2D eigenvalue weighted by molar-refractivity contribution is 5.96. The van der Waals surface area contributed by atoms with E-state index in [0.29, 0.717) is 0 Å². The maximum absolute atomic E-state index is 13.4. The summed E-state index contributed by atoms with van der Waals surface area (Å²) in [6.45, 7) is 0.292. The number of halogens is 4. The molecule has 3 nitrogen and oxygen atoms in total. The van der Waals surface area contributed by atoms with Crippen molar-refractivity contribution in [2.45, 2.75) is 12.6 Å². The average Bonchev–Trinajstić information content (AvgIpc) is 2.68. The molecule has 1 aromatic carbocycles. The Hall–Kier alpha value is -1.63. The van der Waals surface area contributed by atoms with Gasteiger partial charge in [0, 0.05) is 13.0 Å². The number of nitrogens with zero attached hydrogens (tertiary/aromatic N) is 1. The molecule has 0 saturated carbocycles. The van der Waals surface area contributed by atoms with Crippen LogP contribution < -0.4 is 10.6 Å². The molecule has 0 aromatic heterocycles. The van der Waals surface area contributed by atoms with Gasteiger partial charge in [0.15, 0.2) is 0 Å². The van der Waals surface area contributed by atoms with E-state index >= 15 is 0 Å². The summed E-state index contributed by atoms with van der Waals surface area (Å²) in [5.74, 6) is -2.04. The first-order valence-corrected chi connectivity index (χ1v) is 5.70. The molecule has 0 bridgehead atoms. The summed E-state index contributed by atoms with van der Waals surface area (Å²) < 4.78 is 52.0. The van der Waals surface area contributed by atoms with Gasteiger partial charge in [-0.25, -0.2) is 4.39 Å². The van der Waals surface area contributed by atoms with Crippen molar-refractivity contribution in [1.29, 1.82) is 0 Å². The standard InChI is InChI=1S/C12H12F4N2O/c13-8-2-1-3-9(11(8)12(14,15)16)18-6-7(5-17)4-10(18)19/h1-3,7H,4-6,17H2. The lowest BCUT2D eigenvalue weighted by Crippen LogP contribution is -2.28. The second-order valence-electron chi connectivity index (χ2n) is 4.44. The second kappa shape index (κ2) is 4.80. The lowest BCUT2D eigenvalue weighted by atomic mass is 10.1. The highest BCUT2D eigenvalue weighted by Crippen LogP contribution is 2.40. The number of hydrogen-bond acceptors (Lipinski definition) is 2. The van der Waals surface area contributed by atoms with E-state index in [0.717, 1.165) is 23.1 Å². The van der Waals surface area contributed by atoms with Gasteiger partial charge in [-0.05, 0) is 24.6 Å². The van der Waals surface area contributed by atoms with Crippen molar-refractivity contribution in [1.82, 2.24) is 0 Å². The van der Waals surface area contributed by atoms with Gasteiger partial charge in [-0.1, -0.05) is 6.07 Å². The molecule has 1 fully saturated rings. The van der Waals surface area contributed by atoms with E-state index in [4.69, 9.17) is 5.73 Å². The number of amides is 1. The molecule has 2 rings (SSSR count). The van der Waals surface area contributed by atoms with E-state index in [9.17, 15) is 22.4 Å². The lowest BCUT2D eigenvalue weighted by molar-refractivity contribution is -0.139. The summed E-state index contributed by atoms with van der Waals surface area (Å²) in [5, 5.41) is 0. The van der Waals surface area contributed by atoms with E-state index < -0.39 is 29.2 Å². The van der Waals surface area contributed by atoms with Crippen molar-refractivity contribution >= 4 is 11.6 Å². The normalized spacial score (nSPS) is 20.2. The van der Waals surface area contributed by atoms with Crippen LogP contribution in [0.5, 0.6) is 0 Å². The summed E-state index contributed by atoms with van der Waals surface area (Å²) >= 11 is 0. The molecule has 1 saturated heterocycles. The molecular formula is C12H12F4N2O. The fraction of sp³-hybridized carbons (Fsp3) is 0.417. The summed E-state index contributed by atoms with van der Waals surface area (Å²) in [4.78, 5) is 12.7. The number of rotatable bonds is 2. The van der Waals surface area contributed by atoms with Crippen molar-refractivity contribution in [2.24, 2.45) is 11.7 Å². The van der Waals surface area contributed by atoms with Gasteiger partial charge in [0.2, 0.25) is 5.91 Å². The first-order chi connectivity index (χ1) is 8.84. The smallest absolute Gasteiger partial charge is 0.330 e. The van der Waals surface area contributed by atoms with Gasteiger partial charge in [0.1, 0.15) is 11.4 Å². The average molecular weight is 276 g/mol. The minimum absolute atomic E-state index is 0.0852. The van der Waals surface area contributed by atoms with Crippen molar-refractivity contribution in [3.05, 3.63) is 29.6 Å². The van der Waals surface area contributed by atoms with Gasteiger partial charge in [-0.15, -0.1) is 0 Å². The summed E-state index contributed by atoms with van der Waals surface area (Å²) in [7, 11) is 0. The Bertz CT molecular complexity index is 501. The predicted molar refractivity (Wildman–Crippen MR) is 60.9 cm³/mol. The van der Waals surface area contributed by atoms with Gasteiger partial charge < -0.3 is 10.6 Å². The van der Waals surface area contributed by atoms with Crippen LogP contribution in [0.25, 0.3) is 0 Å². The highest BCUT2D eigenvalue weighted by atomic mass is 19.4. The zero-order valence-electron chi connectivity index (χ0n) is 9.88. The Kier molecular flexibility index (Phi) is 3.49. The van der Waals surface area contributed by atoms with Crippen LogP contribution in [0.2, 0.25) is 0 Å². The summed E-state index contributed by atoms with van der Waals surface area (Å²) in [5.41, 5.74) is 3.58. The maximum atomic E-state index is 13.4. The van der Waals surface area contributed by atoms with Crippen LogP contribution in [0, 0.1) is 11.7 Å². The molecule has 1 aliphatic heterocycles. The highest BCUT2D eigenvalue weighted by Gasteiger charge is 2.41. The third kappa shape index (κ3) is 2.56. The topological polar surface area (TPSA) is 46.3 Å². The largest absolute Gasteiger partial charge is 0.421 e. The van der Waals surface area contributed by atoms with Gasteiger partial charge in [-0.3, -0.25) is 4.79 Å². The number of hydrogen-bond donors (Lipinski definition) is 1. The fourth-order valence-electron chi connectivity index (χ4n) is 2.19. The number of alkyl halides is 3. The summed E-state index contributed by atoms with van der Waals surface area (Å²) in [6.07, 6.45) is -4.76. The van der Waals surface area contributed by atoms with E-state index in [2.05, 4.69) is 0 Å². The molecular weight excluding hydrogens is 264 g/mol. The zero-order valence-corrected chi connectivity index (χ0v) is 9.88. The van der Waals surface area contributed by atoms with Crippen molar-refractivity contribution in [2.75, 3.05) is 18.0 Å². The Morgan fingerprint density at radius 2 is 2.05 bits per heavy atom. The molecule has 0 spiro atoms. The third-order valence-electron chi connectivity index (χ3n) is 3.10. The molecule has 19 heavy (non-hydrogen) atoms. The lowest BCUT2D eigenvalue weighted by Gasteiger charge is -2.22.